The van der Waals surface area contributed by atoms with E-state index in [1.165, 1.54) is 33.5 Å². The molecule has 4 rings (SSSR count). The number of anilines is 2. The summed E-state index contributed by atoms with van der Waals surface area (Å²) < 4.78 is 27.0. The number of aryl methyl sites for hydroxylation is 1. The van der Waals surface area contributed by atoms with E-state index in [0.717, 1.165) is 29.7 Å². The standard InChI is InChI=1S/C24H28N4O5S/c1-17-6-10-20(11-7-17)28-18(2)23(30)27(24(28)31)16-22(29)25-19-8-12-21(13-9-19)34(32,33)26-14-4-3-5-15-26/h6-13,18H,3-5,14-16H2,1-2H3,(H,25,29). The first-order chi connectivity index (χ1) is 16.2. The van der Waals surface area contributed by atoms with Gasteiger partial charge < -0.3 is 5.32 Å². The summed E-state index contributed by atoms with van der Waals surface area (Å²) in [5.41, 5.74) is 2.00. The minimum Gasteiger partial charge on any atom is -0.325 e. The first-order valence-electron chi connectivity index (χ1n) is 11.3. The molecular formula is C24H28N4O5S. The largest absolute Gasteiger partial charge is 0.332 e. The van der Waals surface area contributed by atoms with Crippen LogP contribution in [-0.4, -0.2) is 61.1 Å². The Kier molecular flexibility index (Phi) is 6.72. The molecule has 2 saturated heterocycles. The number of benzene rings is 2. The SMILES string of the molecule is Cc1ccc(N2C(=O)N(CC(=O)Nc3ccc(S(=O)(=O)N4CCCCC4)cc3)C(=O)C2C)cc1. The minimum absolute atomic E-state index is 0.167. The Labute approximate surface area is 199 Å². The Balaban J connectivity index is 1.41. The molecule has 4 amide bonds. The smallest absolute Gasteiger partial charge is 0.325 e. The number of piperidine rings is 1. The van der Waals surface area contributed by atoms with Crippen LogP contribution in [0.3, 0.4) is 0 Å². The maximum atomic E-state index is 12.9. The minimum atomic E-state index is -3.56. The summed E-state index contributed by atoms with van der Waals surface area (Å²) in [5.74, 6) is -1.00. The van der Waals surface area contributed by atoms with Gasteiger partial charge in [0.1, 0.15) is 12.6 Å². The lowest BCUT2D eigenvalue weighted by molar-refractivity contribution is -0.130. The highest BCUT2D eigenvalue weighted by Crippen LogP contribution is 2.26. The molecule has 2 aliphatic heterocycles. The highest BCUT2D eigenvalue weighted by Gasteiger charge is 2.44. The lowest BCUT2D eigenvalue weighted by Crippen LogP contribution is -2.39. The third-order valence-electron chi connectivity index (χ3n) is 6.15. The summed E-state index contributed by atoms with van der Waals surface area (Å²) in [5, 5.41) is 2.63. The highest BCUT2D eigenvalue weighted by molar-refractivity contribution is 7.89. The average molecular weight is 485 g/mol. The number of hydrogen-bond donors (Lipinski definition) is 1. The van der Waals surface area contributed by atoms with Crippen LogP contribution in [0.1, 0.15) is 31.7 Å². The van der Waals surface area contributed by atoms with Crippen molar-refractivity contribution in [1.29, 1.82) is 0 Å². The van der Waals surface area contributed by atoms with Gasteiger partial charge in [-0.1, -0.05) is 24.1 Å². The number of rotatable bonds is 6. The van der Waals surface area contributed by atoms with Crippen LogP contribution in [0.5, 0.6) is 0 Å². The fourth-order valence-corrected chi connectivity index (χ4v) is 5.74. The van der Waals surface area contributed by atoms with Gasteiger partial charge in [-0.3, -0.25) is 19.4 Å². The van der Waals surface area contributed by atoms with Crippen LogP contribution >= 0.6 is 0 Å². The molecule has 34 heavy (non-hydrogen) atoms. The predicted molar refractivity (Wildman–Crippen MR) is 128 cm³/mol. The van der Waals surface area contributed by atoms with E-state index in [0.29, 0.717) is 24.5 Å². The second kappa shape index (κ2) is 9.55. The number of carbonyl (C=O) groups excluding carboxylic acids is 3. The van der Waals surface area contributed by atoms with Crippen molar-refractivity contribution in [2.75, 3.05) is 29.9 Å². The number of hydrogen-bond acceptors (Lipinski definition) is 5. The Bertz CT molecular complexity index is 1190. The Morgan fingerprint density at radius 1 is 0.971 bits per heavy atom. The molecule has 0 bridgehead atoms. The monoisotopic (exact) mass is 484 g/mol. The van der Waals surface area contributed by atoms with E-state index in [9.17, 15) is 22.8 Å². The maximum Gasteiger partial charge on any atom is 0.332 e. The zero-order chi connectivity index (χ0) is 24.5. The summed E-state index contributed by atoms with van der Waals surface area (Å²) in [6, 6.07) is 11.9. The van der Waals surface area contributed by atoms with Crippen LogP contribution in [0, 0.1) is 6.92 Å². The topological polar surface area (TPSA) is 107 Å². The Morgan fingerprint density at radius 3 is 2.21 bits per heavy atom. The van der Waals surface area contributed by atoms with Gasteiger partial charge in [-0.05, 0) is 63.1 Å². The van der Waals surface area contributed by atoms with Gasteiger partial charge in [0.2, 0.25) is 15.9 Å². The third kappa shape index (κ3) is 4.69. The van der Waals surface area contributed by atoms with Crippen molar-refractivity contribution in [3.8, 4) is 0 Å². The van der Waals surface area contributed by atoms with E-state index in [1.54, 1.807) is 19.1 Å². The van der Waals surface area contributed by atoms with Crippen LogP contribution < -0.4 is 10.2 Å². The lowest BCUT2D eigenvalue weighted by atomic mass is 10.2. The second-order valence-electron chi connectivity index (χ2n) is 8.63. The molecular weight excluding hydrogens is 456 g/mol. The van der Waals surface area contributed by atoms with Gasteiger partial charge in [0.15, 0.2) is 0 Å². The Hall–Kier alpha value is -3.24. The fourth-order valence-electron chi connectivity index (χ4n) is 4.22. The number of imide groups is 1. The maximum absolute atomic E-state index is 12.9. The van der Waals surface area contributed by atoms with Crippen molar-refractivity contribution in [3.05, 3.63) is 54.1 Å². The van der Waals surface area contributed by atoms with Gasteiger partial charge in [-0.25, -0.2) is 13.2 Å². The van der Waals surface area contributed by atoms with Gasteiger partial charge in [0, 0.05) is 24.5 Å². The number of sulfonamides is 1. The van der Waals surface area contributed by atoms with Crippen LogP contribution in [0.2, 0.25) is 0 Å². The van der Waals surface area contributed by atoms with Gasteiger partial charge >= 0.3 is 6.03 Å². The molecule has 0 saturated carbocycles. The number of carbonyl (C=O) groups is 3. The molecule has 0 radical (unpaired) electrons. The summed E-state index contributed by atoms with van der Waals surface area (Å²) in [6.45, 7) is 4.14. The first-order valence-corrected chi connectivity index (χ1v) is 12.7. The second-order valence-corrected chi connectivity index (χ2v) is 10.6. The molecule has 10 heteroatoms. The quantitative estimate of drug-likeness (QED) is 0.635. The normalized spacial score (nSPS) is 19.5. The first kappa shape index (κ1) is 23.9. The van der Waals surface area contributed by atoms with Gasteiger partial charge in [0.05, 0.1) is 4.90 Å². The molecule has 2 heterocycles. The molecule has 2 fully saturated rings. The number of nitrogens with zero attached hydrogens (tertiary/aromatic N) is 3. The van der Waals surface area contributed by atoms with Crippen molar-refractivity contribution >= 4 is 39.2 Å². The van der Waals surface area contributed by atoms with Crippen molar-refractivity contribution in [3.63, 3.8) is 0 Å². The van der Waals surface area contributed by atoms with Crippen molar-refractivity contribution < 1.29 is 22.8 Å². The van der Waals surface area contributed by atoms with E-state index in [4.69, 9.17) is 0 Å². The van der Waals surface area contributed by atoms with E-state index in [-0.39, 0.29) is 4.90 Å². The van der Waals surface area contributed by atoms with Gasteiger partial charge in [-0.2, -0.15) is 4.31 Å². The predicted octanol–water partition coefficient (Wildman–Crippen LogP) is 2.97. The summed E-state index contributed by atoms with van der Waals surface area (Å²) in [6.07, 6.45) is 2.73. The van der Waals surface area contributed by atoms with Crippen LogP contribution in [0.25, 0.3) is 0 Å². The van der Waals surface area contributed by atoms with E-state index in [1.807, 2.05) is 19.1 Å². The van der Waals surface area contributed by atoms with Crippen LogP contribution in [-0.2, 0) is 19.6 Å². The van der Waals surface area contributed by atoms with Crippen molar-refractivity contribution in [1.82, 2.24) is 9.21 Å². The number of nitrogens with one attached hydrogen (secondary N) is 1. The van der Waals surface area contributed by atoms with Crippen LogP contribution in [0.15, 0.2) is 53.4 Å². The average Bonchev–Trinajstić information content (AvgIpc) is 3.04. The molecule has 0 aliphatic carbocycles. The molecule has 0 aromatic heterocycles. The van der Waals surface area contributed by atoms with Crippen molar-refractivity contribution in [2.24, 2.45) is 0 Å². The fraction of sp³-hybridized carbons (Fsp3) is 0.375. The number of urea groups is 1. The van der Waals surface area contributed by atoms with E-state index in [2.05, 4.69) is 5.32 Å². The Morgan fingerprint density at radius 2 is 1.59 bits per heavy atom. The van der Waals surface area contributed by atoms with Gasteiger partial charge in [-0.15, -0.1) is 0 Å². The molecule has 9 nitrogen and oxygen atoms in total. The third-order valence-corrected chi connectivity index (χ3v) is 8.07. The molecule has 1 atom stereocenters. The molecule has 1 N–H and O–H groups in total. The molecule has 1 unspecified atom stereocenters. The summed E-state index contributed by atoms with van der Waals surface area (Å²) in [7, 11) is -3.56. The van der Waals surface area contributed by atoms with Crippen molar-refractivity contribution in [2.45, 2.75) is 44.0 Å². The van der Waals surface area contributed by atoms with Gasteiger partial charge in [0.25, 0.3) is 5.91 Å². The highest BCUT2D eigenvalue weighted by atomic mass is 32.2. The molecule has 2 aliphatic rings. The van der Waals surface area contributed by atoms with E-state index < -0.39 is 40.5 Å². The zero-order valence-corrected chi connectivity index (χ0v) is 20.0. The summed E-state index contributed by atoms with van der Waals surface area (Å²) in [4.78, 5) is 40.6. The van der Waals surface area contributed by atoms with E-state index >= 15 is 0 Å². The number of amides is 4. The molecule has 2 aromatic rings. The van der Waals surface area contributed by atoms with Crippen LogP contribution in [0.4, 0.5) is 16.2 Å². The lowest BCUT2D eigenvalue weighted by Gasteiger charge is -2.25. The molecule has 2 aromatic carbocycles. The zero-order valence-electron chi connectivity index (χ0n) is 19.2. The summed E-state index contributed by atoms with van der Waals surface area (Å²) >= 11 is 0. The molecule has 180 valence electrons. The molecule has 0 spiro atoms.